The Bertz CT molecular complexity index is 379. The smallest absolute Gasteiger partial charge is 0.407 e. The molecule has 23 heavy (non-hydrogen) atoms. The zero-order valence-electron chi connectivity index (χ0n) is 16.0. The molecule has 1 rings (SSSR count). The second-order valence-electron chi connectivity index (χ2n) is 8.25. The van der Waals surface area contributed by atoms with Crippen LogP contribution in [-0.2, 0) is 9.47 Å². The third-order valence-electron chi connectivity index (χ3n) is 4.48. The van der Waals surface area contributed by atoms with E-state index >= 15 is 0 Å². The summed E-state index contributed by atoms with van der Waals surface area (Å²) in [7, 11) is 0. The van der Waals surface area contributed by atoms with Crippen molar-refractivity contribution in [2.75, 3.05) is 13.2 Å². The van der Waals surface area contributed by atoms with Crippen LogP contribution in [0, 0.1) is 5.92 Å². The molecule has 0 radical (unpaired) electrons. The lowest BCUT2D eigenvalue weighted by Gasteiger charge is -2.39. The fourth-order valence-electron chi connectivity index (χ4n) is 2.76. The summed E-state index contributed by atoms with van der Waals surface area (Å²) in [6, 6.07) is 0.496. The van der Waals surface area contributed by atoms with E-state index < -0.39 is 5.60 Å². The zero-order valence-corrected chi connectivity index (χ0v) is 16.0. The fourth-order valence-corrected chi connectivity index (χ4v) is 2.76. The van der Waals surface area contributed by atoms with Gasteiger partial charge in [-0.1, -0.05) is 20.8 Å². The molecule has 1 amide bonds. The van der Waals surface area contributed by atoms with Crippen LogP contribution in [0.5, 0.6) is 0 Å². The first-order valence-corrected chi connectivity index (χ1v) is 8.91. The first-order valence-electron chi connectivity index (χ1n) is 8.91. The van der Waals surface area contributed by atoms with Crippen molar-refractivity contribution in [3.8, 4) is 0 Å². The van der Waals surface area contributed by atoms with Crippen molar-refractivity contribution in [2.45, 2.75) is 91.0 Å². The van der Waals surface area contributed by atoms with Crippen LogP contribution in [0.3, 0.4) is 0 Å². The summed E-state index contributed by atoms with van der Waals surface area (Å²) in [4.78, 5) is 12.0. The van der Waals surface area contributed by atoms with Crippen molar-refractivity contribution in [1.29, 1.82) is 0 Å². The highest BCUT2D eigenvalue weighted by atomic mass is 16.6. The summed E-state index contributed by atoms with van der Waals surface area (Å²) in [5.74, 6) is 0.340. The molecule has 2 N–H and O–H groups in total. The van der Waals surface area contributed by atoms with Gasteiger partial charge in [-0.15, -0.1) is 0 Å². The molecule has 3 atom stereocenters. The Labute approximate surface area is 141 Å². The summed E-state index contributed by atoms with van der Waals surface area (Å²) in [5.41, 5.74) is -0.496. The van der Waals surface area contributed by atoms with E-state index in [2.05, 4.69) is 38.3 Å². The third kappa shape index (κ3) is 7.53. The van der Waals surface area contributed by atoms with E-state index in [-0.39, 0.29) is 17.7 Å². The number of carbonyl (C=O) groups excluding carboxylic acids is 1. The van der Waals surface area contributed by atoms with E-state index in [1.807, 2.05) is 20.8 Å². The Morgan fingerprint density at radius 1 is 1.39 bits per heavy atom. The molecule has 0 spiro atoms. The number of carbonyl (C=O) groups is 1. The van der Waals surface area contributed by atoms with E-state index in [0.717, 1.165) is 32.4 Å². The highest BCUT2D eigenvalue weighted by Crippen LogP contribution is 2.27. The molecule has 0 aromatic heterocycles. The average molecular weight is 328 g/mol. The van der Waals surface area contributed by atoms with E-state index in [1.54, 1.807) is 0 Å². The van der Waals surface area contributed by atoms with Crippen molar-refractivity contribution >= 4 is 6.09 Å². The highest BCUT2D eigenvalue weighted by Gasteiger charge is 2.32. The molecule has 5 nitrogen and oxygen atoms in total. The number of hydrogen-bond acceptors (Lipinski definition) is 4. The van der Waals surface area contributed by atoms with Gasteiger partial charge >= 0.3 is 6.09 Å². The summed E-state index contributed by atoms with van der Waals surface area (Å²) in [5, 5.41) is 6.60. The van der Waals surface area contributed by atoms with E-state index in [0.29, 0.717) is 12.0 Å². The van der Waals surface area contributed by atoms with Crippen molar-refractivity contribution in [1.82, 2.24) is 10.6 Å². The SMILES string of the molecule is CCC1(C)CC(NCC(NC(=O)OC(C)(C)C)C(C)C)CCO1. The minimum absolute atomic E-state index is 0.0260. The topological polar surface area (TPSA) is 59.6 Å². The standard InChI is InChI=1S/C18H36N2O3/c1-8-18(7)11-14(9-10-22-18)19-12-15(13(2)3)20-16(21)23-17(4,5)6/h13-15,19H,8-12H2,1-7H3,(H,20,21). The average Bonchev–Trinajstić information content (AvgIpc) is 2.41. The van der Waals surface area contributed by atoms with Gasteiger partial charge in [0.15, 0.2) is 0 Å². The van der Waals surface area contributed by atoms with Gasteiger partial charge in [-0.3, -0.25) is 0 Å². The molecule has 3 unspecified atom stereocenters. The van der Waals surface area contributed by atoms with Gasteiger partial charge in [0.2, 0.25) is 0 Å². The zero-order chi connectivity index (χ0) is 17.7. The van der Waals surface area contributed by atoms with Crippen LogP contribution in [0.2, 0.25) is 0 Å². The number of amides is 1. The molecule has 1 aliphatic heterocycles. The lowest BCUT2D eigenvalue weighted by atomic mass is 9.89. The number of nitrogens with one attached hydrogen (secondary N) is 2. The van der Waals surface area contributed by atoms with Gasteiger partial charge in [0.1, 0.15) is 5.60 Å². The van der Waals surface area contributed by atoms with Crippen LogP contribution >= 0.6 is 0 Å². The molecule has 0 aromatic carbocycles. The van der Waals surface area contributed by atoms with Crippen molar-refractivity contribution < 1.29 is 14.3 Å². The maximum Gasteiger partial charge on any atom is 0.407 e. The largest absolute Gasteiger partial charge is 0.444 e. The second kappa shape index (κ2) is 8.34. The molecule has 1 fully saturated rings. The molecule has 0 saturated carbocycles. The number of rotatable bonds is 6. The minimum atomic E-state index is -0.470. The van der Waals surface area contributed by atoms with Crippen LogP contribution in [0.25, 0.3) is 0 Å². The van der Waals surface area contributed by atoms with Gasteiger partial charge in [-0.05, 0) is 52.9 Å². The van der Waals surface area contributed by atoms with Crippen molar-refractivity contribution in [3.05, 3.63) is 0 Å². The predicted octanol–water partition coefficient (Wildman–Crippen LogP) is 3.47. The van der Waals surface area contributed by atoms with E-state index in [9.17, 15) is 4.79 Å². The van der Waals surface area contributed by atoms with E-state index in [1.165, 1.54) is 0 Å². The molecule has 136 valence electrons. The fraction of sp³-hybridized carbons (Fsp3) is 0.944. The van der Waals surface area contributed by atoms with Crippen LogP contribution in [0.4, 0.5) is 4.79 Å². The number of hydrogen-bond donors (Lipinski definition) is 2. The molecule has 0 aromatic rings. The molecule has 0 bridgehead atoms. The highest BCUT2D eigenvalue weighted by molar-refractivity contribution is 5.68. The van der Waals surface area contributed by atoms with Crippen LogP contribution in [-0.4, -0.2) is 42.5 Å². The molecule has 0 aliphatic carbocycles. The Morgan fingerprint density at radius 3 is 2.57 bits per heavy atom. The predicted molar refractivity (Wildman–Crippen MR) is 93.7 cm³/mol. The normalized spacial score (nSPS) is 26.9. The summed E-state index contributed by atoms with van der Waals surface area (Å²) in [6.45, 7) is 15.8. The van der Waals surface area contributed by atoms with Gasteiger partial charge < -0.3 is 20.1 Å². The van der Waals surface area contributed by atoms with Crippen LogP contribution in [0.15, 0.2) is 0 Å². The minimum Gasteiger partial charge on any atom is -0.444 e. The van der Waals surface area contributed by atoms with Crippen LogP contribution in [0.1, 0.15) is 67.7 Å². The Morgan fingerprint density at radius 2 is 2.04 bits per heavy atom. The number of ether oxygens (including phenoxy) is 2. The van der Waals surface area contributed by atoms with Gasteiger partial charge in [0.05, 0.1) is 5.60 Å². The monoisotopic (exact) mass is 328 g/mol. The van der Waals surface area contributed by atoms with Crippen LogP contribution < -0.4 is 10.6 Å². The summed E-state index contributed by atoms with van der Waals surface area (Å²) >= 11 is 0. The molecule has 5 heteroatoms. The first kappa shape index (κ1) is 20.2. The molecule has 1 heterocycles. The third-order valence-corrected chi connectivity index (χ3v) is 4.48. The Kier molecular flexibility index (Phi) is 7.33. The van der Waals surface area contributed by atoms with E-state index in [4.69, 9.17) is 9.47 Å². The lowest BCUT2D eigenvalue weighted by Crippen LogP contribution is -2.51. The van der Waals surface area contributed by atoms with Gasteiger partial charge in [0, 0.05) is 25.2 Å². The van der Waals surface area contributed by atoms with Gasteiger partial charge in [0.25, 0.3) is 0 Å². The molecule has 1 aliphatic rings. The number of alkyl carbamates (subject to hydrolysis) is 1. The summed E-state index contributed by atoms with van der Waals surface area (Å²) < 4.78 is 11.3. The molecular weight excluding hydrogens is 292 g/mol. The summed E-state index contributed by atoms with van der Waals surface area (Å²) in [6.07, 6.45) is 2.71. The maximum absolute atomic E-state index is 12.0. The van der Waals surface area contributed by atoms with Gasteiger partial charge in [-0.25, -0.2) is 4.79 Å². The second-order valence-corrected chi connectivity index (χ2v) is 8.25. The first-order chi connectivity index (χ1) is 10.5. The Balaban J connectivity index is 2.49. The quantitative estimate of drug-likeness (QED) is 0.784. The molecular formula is C18H36N2O3. The van der Waals surface area contributed by atoms with Crippen molar-refractivity contribution in [3.63, 3.8) is 0 Å². The van der Waals surface area contributed by atoms with Crippen molar-refractivity contribution in [2.24, 2.45) is 5.92 Å². The maximum atomic E-state index is 12.0. The molecule has 1 saturated heterocycles. The lowest BCUT2D eigenvalue weighted by molar-refractivity contribution is -0.0781. The van der Waals surface area contributed by atoms with Gasteiger partial charge in [-0.2, -0.15) is 0 Å². The Hall–Kier alpha value is -0.810.